The van der Waals surface area contributed by atoms with Gasteiger partial charge in [-0.15, -0.1) is 0 Å². The molecule has 0 atom stereocenters. The molecule has 0 aliphatic rings. The lowest BCUT2D eigenvalue weighted by Crippen LogP contribution is -2.30. The number of carbonyl (C=O) groups is 1. The largest absolute Gasteiger partial charge is 0.393 e. The van der Waals surface area contributed by atoms with Crippen molar-refractivity contribution in [3.05, 3.63) is 70.7 Å². The number of nitrogens with two attached hydrogens (primary N) is 1. The van der Waals surface area contributed by atoms with Crippen molar-refractivity contribution < 1.29 is 9.18 Å². The average Bonchev–Trinajstić information content (AvgIpc) is 2.63. The van der Waals surface area contributed by atoms with Gasteiger partial charge in [0.2, 0.25) is 0 Å². The Labute approximate surface area is 157 Å². The minimum Gasteiger partial charge on any atom is -0.393 e. The molecule has 3 rings (SSSR count). The molecule has 9 heteroatoms. The number of hydrogen-bond donors (Lipinski definition) is 4. The van der Waals surface area contributed by atoms with Gasteiger partial charge in [0.25, 0.3) is 5.91 Å². The fourth-order valence-electron chi connectivity index (χ4n) is 2.09. The van der Waals surface area contributed by atoms with Crippen LogP contribution >= 0.6 is 15.9 Å². The second-order valence-corrected chi connectivity index (χ2v) is 6.12. The number of hydrazine groups is 1. The molecule has 0 radical (unpaired) electrons. The van der Waals surface area contributed by atoms with Crippen LogP contribution < -0.4 is 21.9 Å². The first kappa shape index (κ1) is 17.6. The van der Waals surface area contributed by atoms with Gasteiger partial charge in [0.15, 0.2) is 11.6 Å². The average molecular weight is 417 g/mol. The van der Waals surface area contributed by atoms with Crippen LogP contribution in [0.2, 0.25) is 0 Å². The Bertz CT molecular complexity index is 935. The lowest BCUT2D eigenvalue weighted by Gasteiger charge is -2.13. The summed E-state index contributed by atoms with van der Waals surface area (Å²) in [5.41, 5.74) is 12.5. The highest BCUT2D eigenvalue weighted by Crippen LogP contribution is 2.26. The molecule has 7 nitrogen and oxygen atoms in total. The zero-order chi connectivity index (χ0) is 18.5. The van der Waals surface area contributed by atoms with E-state index < -0.39 is 11.7 Å². The molecule has 132 valence electrons. The number of aromatic nitrogens is 2. The molecule has 0 saturated carbocycles. The fourth-order valence-corrected chi connectivity index (χ4v) is 2.49. The minimum absolute atomic E-state index is 0.229. The van der Waals surface area contributed by atoms with Crippen LogP contribution in [0.5, 0.6) is 0 Å². The first-order chi connectivity index (χ1) is 12.5. The Balaban J connectivity index is 1.70. The molecule has 3 aromatic rings. The third-order valence-corrected chi connectivity index (χ3v) is 3.87. The van der Waals surface area contributed by atoms with Gasteiger partial charge in [0.05, 0.1) is 0 Å². The normalized spacial score (nSPS) is 10.2. The van der Waals surface area contributed by atoms with E-state index in [-0.39, 0.29) is 11.5 Å². The van der Waals surface area contributed by atoms with E-state index in [2.05, 4.69) is 42.1 Å². The lowest BCUT2D eigenvalue weighted by molar-refractivity contribution is 0.0962. The van der Waals surface area contributed by atoms with E-state index in [0.717, 1.165) is 10.2 Å². The number of benzene rings is 2. The summed E-state index contributed by atoms with van der Waals surface area (Å²) in [5, 5.41) is 3.08. The first-order valence-corrected chi connectivity index (χ1v) is 8.27. The van der Waals surface area contributed by atoms with E-state index in [0.29, 0.717) is 11.4 Å². The number of rotatable bonds is 5. The monoisotopic (exact) mass is 416 g/mol. The SMILES string of the molecule is Nc1c(NNC(=O)c2ccc(F)cc2)ncnc1Nc1cccc(Br)c1. The molecule has 0 bridgehead atoms. The van der Waals surface area contributed by atoms with Gasteiger partial charge in [0.1, 0.15) is 17.8 Å². The standard InChI is InChI=1S/C17H14BrFN6O/c18-11-2-1-3-13(8-11)23-15-14(20)16(22-9-21-15)24-25-17(26)10-4-6-12(19)7-5-10/h1-9H,20H2,(H,25,26)(H2,21,22,23,24). The van der Waals surface area contributed by atoms with Crippen LogP contribution in [-0.4, -0.2) is 15.9 Å². The highest BCUT2D eigenvalue weighted by molar-refractivity contribution is 9.10. The summed E-state index contributed by atoms with van der Waals surface area (Å²) in [4.78, 5) is 20.2. The van der Waals surface area contributed by atoms with Gasteiger partial charge in [-0.3, -0.25) is 15.6 Å². The Hall–Kier alpha value is -3.20. The summed E-state index contributed by atoms with van der Waals surface area (Å²) in [7, 11) is 0. The first-order valence-electron chi connectivity index (χ1n) is 7.48. The van der Waals surface area contributed by atoms with Crippen molar-refractivity contribution in [2.24, 2.45) is 0 Å². The number of halogens is 2. The second-order valence-electron chi connectivity index (χ2n) is 5.21. The number of nitrogens with one attached hydrogen (secondary N) is 3. The number of anilines is 4. The predicted molar refractivity (Wildman–Crippen MR) is 101 cm³/mol. The number of nitrogens with zero attached hydrogens (tertiary/aromatic N) is 2. The molecule has 1 heterocycles. The molecule has 5 N–H and O–H groups in total. The van der Waals surface area contributed by atoms with Gasteiger partial charge in [0, 0.05) is 15.7 Å². The van der Waals surface area contributed by atoms with Crippen LogP contribution in [0.4, 0.5) is 27.4 Å². The molecule has 0 unspecified atom stereocenters. The van der Waals surface area contributed by atoms with Crippen molar-refractivity contribution in [3.63, 3.8) is 0 Å². The van der Waals surface area contributed by atoms with Gasteiger partial charge in [-0.1, -0.05) is 22.0 Å². The van der Waals surface area contributed by atoms with Crippen LogP contribution in [-0.2, 0) is 0 Å². The van der Waals surface area contributed by atoms with Crippen molar-refractivity contribution >= 4 is 44.8 Å². The maximum atomic E-state index is 12.9. The van der Waals surface area contributed by atoms with Gasteiger partial charge in [-0.05, 0) is 42.5 Å². The van der Waals surface area contributed by atoms with Gasteiger partial charge >= 0.3 is 0 Å². The zero-order valence-electron chi connectivity index (χ0n) is 13.3. The van der Waals surface area contributed by atoms with Gasteiger partial charge < -0.3 is 11.1 Å². The quantitative estimate of drug-likeness (QED) is 0.474. The Morgan fingerprint density at radius 1 is 1.08 bits per heavy atom. The summed E-state index contributed by atoms with van der Waals surface area (Å²) in [5.74, 6) is -0.257. The molecular formula is C17H14BrFN6O. The number of carbonyl (C=O) groups excluding carboxylic acids is 1. The van der Waals surface area contributed by atoms with E-state index in [9.17, 15) is 9.18 Å². The Morgan fingerprint density at radius 3 is 2.54 bits per heavy atom. The highest BCUT2D eigenvalue weighted by Gasteiger charge is 2.10. The smallest absolute Gasteiger partial charge is 0.269 e. The van der Waals surface area contributed by atoms with Crippen LogP contribution in [0.25, 0.3) is 0 Å². The van der Waals surface area contributed by atoms with Crippen LogP contribution in [0.15, 0.2) is 59.3 Å². The van der Waals surface area contributed by atoms with E-state index >= 15 is 0 Å². The molecule has 0 aliphatic carbocycles. The Morgan fingerprint density at radius 2 is 1.81 bits per heavy atom. The molecular weight excluding hydrogens is 403 g/mol. The van der Waals surface area contributed by atoms with E-state index in [1.807, 2.05) is 24.3 Å². The molecule has 26 heavy (non-hydrogen) atoms. The molecule has 0 aliphatic heterocycles. The molecule has 0 saturated heterocycles. The van der Waals surface area contributed by atoms with Gasteiger partial charge in [-0.2, -0.15) is 0 Å². The number of hydrogen-bond acceptors (Lipinski definition) is 6. The van der Waals surface area contributed by atoms with Crippen molar-refractivity contribution in [3.8, 4) is 0 Å². The maximum Gasteiger partial charge on any atom is 0.269 e. The lowest BCUT2D eigenvalue weighted by atomic mass is 10.2. The molecule has 0 spiro atoms. The summed E-state index contributed by atoms with van der Waals surface area (Å²) >= 11 is 3.39. The molecule has 1 aromatic heterocycles. The summed E-state index contributed by atoms with van der Waals surface area (Å²) in [6.07, 6.45) is 1.31. The number of amides is 1. The Kier molecular flexibility index (Phi) is 5.28. The van der Waals surface area contributed by atoms with Gasteiger partial charge in [-0.25, -0.2) is 14.4 Å². The van der Waals surface area contributed by atoms with Crippen LogP contribution in [0, 0.1) is 5.82 Å². The fraction of sp³-hybridized carbons (Fsp3) is 0. The summed E-state index contributed by atoms with van der Waals surface area (Å²) in [6, 6.07) is 12.6. The summed E-state index contributed by atoms with van der Waals surface area (Å²) in [6.45, 7) is 0. The topological polar surface area (TPSA) is 105 Å². The highest BCUT2D eigenvalue weighted by atomic mass is 79.9. The summed E-state index contributed by atoms with van der Waals surface area (Å²) < 4.78 is 13.8. The van der Waals surface area contributed by atoms with E-state index in [1.165, 1.54) is 30.6 Å². The third kappa shape index (κ3) is 4.25. The molecule has 0 fully saturated rings. The van der Waals surface area contributed by atoms with Crippen molar-refractivity contribution in [2.45, 2.75) is 0 Å². The van der Waals surface area contributed by atoms with Crippen molar-refractivity contribution in [1.29, 1.82) is 0 Å². The van der Waals surface area contributed by atoms with E-state index in [1.54, 1.807) is 0 Å². The zero-order valence-corrected chi connectivity index (χ0v) is 14.9. The second kappa shape index (κ2) is 7.79. The molecule has 1 amide bonds. The van der Waals surface area contributed by atoms with E-state index in [4.69, 9.17) is 5.73 Å². The predicted octanol–water partition coefficient (Wildman–Crippen LogP) is 3.46. The third-order valence-electron chi connectivity index (χ3n) is 3.37. The number of nitrogen functional groups attached to an aromatic ring is 1. The van der Waals surface area contributed by atoms with Crippen LogP contribution in [0.3, 0.4) is 0 Å². The van der Waals surface area contributed by atoms with Crippen molar-refractivity contribution in [2.75, 3.05) is 16.5 Å². The van der Waals surface area contributed by atoms with Crippen LogP contribution in [0.1, 0.15) is 10.4 Å². The maximum absolute atomic E-state index is 12.9. The molecule has 2 aromatic carbocycles. The van der Waals surface area contributed by atoms with Crippen molar-refractivity contribution in [1.82, 2.24) is 15.4 Å². The minimum atomic E-state index is -0.454.